The lowest BCUT2D eigenvalue weighted by atomic mass is 10.1. The van der Waals surface area contributed by atoms with Crippen LogP contribution in [0.1, 0.15) is 16.7 Å². The summed E-state index contributed by atoms with van der Waals surface area (Å²) >= 11 is 0. The Morgan fingerprint density at radius 1 is 1.09 bits per heavy atom. The van der Waals surface area contributed by atoms with Crippen molar-refractivity contribution in [2.45, 2.75) is 6.61 Å². The van der Waals surface area contributed by atoms with Crippen LogP contribution in [0.3, 0.4) is 0 Å². The van der Waals surface area contributed by atoms with E-state index in [4.69, 9.17) is 11.2 Å². The summed E-state index contributed by atoms with van der Waals surface area (Å²) in [7, 11) is 0. The lowest BCUT2D eigenvalue weighted by Crippen LogP contribution is -2.24. The number of terminal acetylenes is 1. The van der Waals surface area contributed by atoms with Gasteiger partial charge in [-0.1, -0.05) is 54.2 Å². The van der Waals surface area contributed by atoms with E-state index in [9.17, 15) is 4.79 Å². The van der Waals surface area contributed by atoms with Crippen molar-refractivity contribution < 1.29 is 9.53 Å². The van der Waals surface area contributed by atoms with Gasteiger partial charge in [0.15, 0.2) is 0 Å². The van der Waals surface area contributed by atoms with E-state index in [0.29, 0.717) is 0 Å². The predicted octanol–water partition coefficient (Wildman–Crippen LogP) is 2.95. The molecule has 3 heteroatoms. The van der Waals surface area contributed by atoms with E-state index in [1.54, 1.807) is 0 Å². The van der Waals surface area contributed by atoms with Crippen LogP contribution in [0.2, 0.25) is 0 Å². The van der Waals surface area contributed by atoms with E-state index < -0.39 is 6.09 Å². The number of nitrogens with one attached hydrogen (secondary N) is 1. The number of hydrogen-bond donors (Lipinski definition) is 1. The summed E-state index contributed by atoms with van der Waals surface area (Å²) in [5.74, 6) is 8.33. The Morgan fingerprint density at radius 2 is 1.86 bits per heavy atom. The maximum absolute atomic E-state index is 11.5. The highest BCUT2D eigenvalue weighted by molar-refractivity contribution is 5.67. The minimum absolute atomic E-state index is 0.216. The Hall–Kier alpha value is -3.17. The van der Waals surface area contributed by atoms with Gasteiger partial charge < -0.3 is 10.1 Å². The molecule has 0 atom stereocenters. The highest BCUT2D eigenvalue weighted by atomic mass is 16.5. The molecule has 2 rings (SSSR count). The standard InChI is InChI=1S/C19H15NO2/c1-2-16-10-6-11-17(14-16)12-7-13-20-19(21)22-15-18-8-4-3-5-9-18/h1,3-6,8-11,14H,13,15H2,(H,20,21). The Labute approximate surface area is 130 Å². The maximum Gasteiger partial charge on any atom is 0.408 e. The van der Waals surface area contributed by atoms with E-state index in [1.165, 1.54) is 0 Å². The van der Waals surface area contributed by atoms with Gasteiger partial charge in [-0.15, -0.1) is 6.42 Å². The highest BCUT2D eigenvalue weighted by Crippen LogP contribution is 2.02. The Kier molecular flexibility index (Phi) is 5.67. The largest absolute Gasteiger partial charge is 0.445 e. The number of amides is 1. The number of hydrogen-bond acceptors (Lipinski definition) is 2. The van der Waals surface area contributed by atoms with Gasteiger partial charge in [-0.2, -0.15) is 0 Å². The number of benzene rings is 2. The predicted molar refractivity (Wildman–Crippen MR) is 85.9 cm³/mol. The van der Waals surface area contributed by atoms with Gasteiger partial charge in [-0.05, 0) is 23.8 Å². The van der Waals surface area contributed by atoms with E-state index in [1.807, 2.05) is 54.6 Å². The zero-order chi connectivity index (χ0) is 15.6. The molecule has 0 unspecified atom stereocenters. The normalized spacial score (nSPS) is 9.05. The molecule has 0 aromatic heterocycles. The van der Waals surface area contributed by atoms with Crippen LogP contribution in [-0.2, 0) is 11.3 Å². The number of ether oxygens (including phenoxy) is 1. The highest BCUT2D eigenvalue weighted by Gasteiger charge is 2.00. The van der Waals surface area contributed by atoms with Crippen molar-refractivity contribution in [2.75, 3.05) is 6.54 Å². The first-order chi connectivity index (χ1) is 10.8. The van der Waals surface area contributed by atoms with E-state index in [2.05, 4.69) is 23.1 Å². The van der Waals surface area contributed by atoms with Crippen molar-refractivity contribution in [3.05, 3.63) is 71.3 Å². The van der Waals surface area contributed by atoms with Crippen LogP contribution in [0.15, 0.2) is 54.6 Å². The fourth-order valence-corrected chi connectivity index (χ4v) is 1.72. The molecule has 0 aliphatic rings. The molecule has 2 aromatic rings. The summed E-state index contributed by atoms with van der Waals surface area (Å²) in [6.07, 6.45) is 4.83. The second-order valence-electron chi connectivity index (χ2n) is 4.44. The van der Waals surface area contributed by atoms with Crippen LogP contribution in [0.5, 0.6) is 0 Å². The lowest BCUT2D eigenvalue weighted by molar-refractivity contribution is 0.141. The molecule has 0 fully saturated rings. The molecule has 0 saturated carbocycles. The molecular formula is C19H15NO2. The van der Waals surface area contributed by atoms with E-state index in [-0.39, 0.29) is 13.2 Å². The third-order valence-electron chi connectivity index (χ3n) is 2.80. The molecule has 0 bridgehead atoms. The molecular weight excluding hydrogens is 274 g/mol. The van der Waals surface area contributed by atoms with Crippen molar-refractivity contribution in [3.63, 3.8) is 0 Å². The third-order valence-corrected chi connectivity index (χ3v) is 2.80. The molecule has 1 amide bonds. The molecule has 0 aliphatic heterocycles. The van der Waals surface area contributed by atoms with Crippen LogP contribution in [0.4, 0.5) is 4.79 Å². The van der Waals surface area contributed by atoms with Gasteiger partial charge in [0.05, 0.1) is 6.54 Å². The minimum atomic E-state index is -0.490. The van der Waals surface area contributed by atoms with Gasteiger partial charge in [-0.25, -0.2) is 4.79 Å². The molecule has 1 N–H and O–H groups in total. The second kappa shape index (κ2) is 8.19. The van der Waals surface area contributed by atoms with Crippen molar-refractivity contribution >= 4 is 6.09 Å². The van der Waals surface area contributed by atoms with Crippen LogP contribution in [0, 0.1) is 24.2 Å². The van der Waals surface area contributed by atoms with Crippen molar-refractivity contribution in [3.8, 4) is 24.2 Å². The topological polar surface area (TPSA) is 38.3 Å². The van der Waals surface area contributed by atoms with Gasteiger partial charge in [0.1, 0.15) is 6.61 Å². The smallest absolute Gasteiger partial charge is 0.408 e. The molecule has 0 radical (unpaired) electrons. The van der Waals surface area contributed by atoms with Crippen molar-refractivity contribution in [2.24, 2.45) is 0 Å². The zero-order valence-corrected chi connectivity index (χ0v) is 12.0. The maximum atomic E-state index is 11.5. The van der Waals surface area contributed by atoms with Gasteiger partial charge >= 0.3 is 6.09 Å². The van der Waals surface area contributed by atoms with Gasteiger partial charge in [0, 0.05) is 11.1 Å². The summed E-state index contributed by atoms with van der Waals surface area (Å²) in [6, 6.07) is 16.9. The monoisotopic (exact) mass is 289 g/mol. The number of alkyl carbamates (subject to hydrolysis) is 1. The number of rotatable bonds is 3. The fraction of sp³-hybridized carbons (Fsp3) is 0.105. The molecule has 22 heavy (non-hydrogen) atoms. The average molecular weight is 289 g/mol. The first-order valence-corrected chi connectivity index (χ1v) is 6.78. The third kappa shape index (κ3) is 5.07. The van der Waals surface area contributed by atoms with Gasteiger partial charge in [0.2, 0.25) is 0 Å². The summed E-state index contributed by atoms with van der Waals surface area (Å²) in [4.78, 5) is 11.5. The molecule has 0 saturated heterocycles. The Balaban J connectivity index is 1.75. The molecule has 2 aromatic carbocycles. The Morgan fingerprint density at radius 3 is 2.64 bits per heavy atom. The molecule has 108 valence electrons. The SMILES string of the molecule is C#Cc1cccc(C#CCNC(=O)OCc2ccccc2)c1. The van der Waals surface area contributed by atoms with Gasteiger partial charge in [0.25, 0.3) is 0 Å². The first kappa shape index (κ1) is 15.2. The fourth-order valence-electron chi connectivity index (χ4n) is 1.72. The van der Waals surface area contributed by atoms with Crippen molar-refractivity contribution in [1.29, 1.82) is 0 Å². The van der Waals surface area contributed by atoms with E-state index in [0.717, 1.165) is 16.7 Å². The van der Waals surface area contributed by atoms with Crippen LogP contribution >= 0.6 is 0 Å². The summed E-state index contributed by atoms with van der Waals surface area (Å²) < 4.78 is 5.07. The number of carbonyl (C=O) groups is 1. The second-order valence-corrected chi connectivity index (χ2v) is 4.44. The molecule has 0 heterocycles. The summed E-state index contributed by atoms with van der Waals surface area (Å²) in [5.41, 5.74) is 2.53. The lowest BCUT2D eigenvalue weighted by Gasteiger charge is -2.04. The number of carbonyl (C=O) groups excluding carboxylic acids is 1. The minimum Gasteiger partial charge on any atom is -0.445 e. The quantitative estimate of drug-likeness (QED) is 0.882. The van der Waals surface area contributed by atoms with Crippen LogP contribution < -0.4 is 5.32 Å². The van der Waals surface area contributed by atoms with Gasteiger partial charge in [-0.3, -0.25) is 0 Å². The average Bonchev–Trinajstić information content (AvgIpc) is 2.58. The Bertz CT molecular complexity index is 733. The molecule has 0 aliphatic carbocycles. The van der Waals surface area contributed by atoms with E-state index >= 15 is 0 Å². The molecule has 3 nitrogen and oxygen atoms in total. The molecule has 0 spiro atoms. The summed E-state index contributed by atoms with van der Waals surface area (Å²) in [5, 5.41) is 2.58. The van der Waals surface area contributed by atoms with Crippen LogP contribution in [-0.4, -0.2) is 12.6 Å². The summed E-state index contributed by atoms with van der Waals surface area (Å²) in [6.45, 7) is 0.457. The van der Waals surface area contributed by atoms with Crippen molar-refractivity contribution in [1.82, 2.24) is 5.32 Å². The zero-order valence-electron chi connectivity index (χ0n) is 12.0. The first-order valence-electron chi connectivity index (χ1n) is 6.78. The van der Waals surface area contributed by atoms with Crippen LogP contribution in [0.25, 0.3) is 0 Å².